The van der Waals surface area contributed by atoms with E-state index in [1.807, 2.05) is 20.8 Å². The number of carbonyl (C=O) groups excluding carboxylic acids is 1. The van der Waals surface area contributed by atoms with Gasteiger partial charge in [0.2, 0.25) is 0 Å². The van der Waals surface area contributed by atoms with Crippen LogP contribution in [0, 0.1) is 0 Å². The first-order valence-electron chi connectivity index (χ1n) is 6.33. The molecule has 0 aromatic carbocycles. The molecule has 2 unspecified atom stereocenters. The molecule has 6 nitrogen and oxygen atoms in total. The van der Waals surface area contributed by atoms with E-state index in [-0.39, 0.29) is 11.6 Å². The zero-order valence-electron chi connectivity index (χ0n) is 11.6. The van der Waals surface area contributed by atoms with Crippen molar-refractivity contribution in [3.63, 3.8) is 0 Å². The first-order valence-corrected chi connectivity index (χ1v) is 6.33. The van der Waals surface area contributed by atoms with Crippen LogP contribution < -0.4 is 16.6 Å². The maximum absolute atomic E-state index is 11.7. The molecule has 0 spiro atoms. The van der Waals surface area contributed by atoms with Crippen LogP contribution in [0.5, 0.6) is 0 Å². The minimum absolute atomic E-state index is 0.206. The van der Waals surface area contributed by atoms with Gasteiger partial charge in [-0.3, -0.25) is 11.3 Å². The second-order valence-corrected chi connectivity index (χ2v) is 6.13. The predicted octanol–water partition coefficient (Wildman–Crippen LogP) is 0.646. The molecule has 0 aromatic heterocycles. The fourth-order valence-electron chi connectivity index (χ4n) is 1.74. The molecule has 1 saturated carbocycles. The Morgan fingerprint density at radius 1 is 1.50 bits per heavy atom. The molecular formula is C12H25N3O3. The lowest BCUT2D eigenvalue weighted by Gasteiger charge is -2.26. The van der Waals surface area contributed by atoms with Crippen molar-refractivity contribution in [3.8, 4) is 0 Å². The third kappa shape index (κ3) is 4.80. The van der Waals surface area contributed by atoms with Gasteiger partial charge in [-0.05, 0) is 47.0 Å². The molecule has 18 heavy (non-hydrogen) atoms. The largest absolute Gasteiger partial charge is 0.444 e. The van der Waals surface area contributed by atoms with E-state index in [0.29, 0.717) is 6.42 Å². The molecule has 1 rings (SSSR count). The van der Waals surface area contributed by atoms with Crippen molar-refractivity contribution in [2.24, 2.45) is 5.84 Å². The Morgan fingerprint density at radius 2 is 2.06 bits per heavy atom. The van der Waals surface area contributed by atoms with E-state index in [0.717, 1.165) is 12.8 Å². The van der Waals surface area contributed by atoms with Crippen LogP contribution >= 0.6 is 0 Å². The quantitative estimate of drug-likeness (QED) is 0.429. The minimum Gasteiger partial charge on any atom is -0.444 e. The van der Waals surface area contributed by atoms with Crippen LogP contribution in [0.15, 0.2) is 0 Å². The highest BCUT2D eigenvalue weighted by Crippen LogP contribution is 2.40. The molecule has 0 bridgehead atoms. The highest BCUT2D eigenvalue weighted by molar-refractivity contribution is 5.69. The number of rotatable bonds is 5. The van der Waals surface area contributed by atoms with Crippen LogP contribution in [0.3, 0.4) is 0 Å². The fraction of sp³-hybridized carbons (Fsp3) is 0.917. The Hall–Kier alpha value is -0.850. The van der Waals surface area contributed by atoms with Crippen molar-refractivity contribution in [1.82, 2.24) is 10.7 Å². The molecule has 0 radical (unpaired) electrons. The summed E-state index contributed by atoms with van der Waals surface area (Å²) in [6.07, 6.45) is 1.19. The lowest BCUT2D eigenvalue weighted by Crippen LogP contribution is -2.47. The average molecular weight is 259 g/mol. The van der Waals surface area contributed by atoms with E-state index in [1.165, 1.54) is 0 Å². The summed E-state index contributed by atoms with van der Waals surface area (Å²) in [7, 11) is 0. The third-order valence-electron chi connectivity index (χ3n) is 3.06. The number of aliphatic hydroxyl groups excluding tert-OH is 1. The number of carbonyl (C=O) groups is 1. The van der Waals surface area contributed by atoms with Gasteiger partial charge in [-0.25, -0.2) is 4.79 Å². The summed E-state index contributed by atoms with van der Waals surface area (Å²) in [5, 5.41) is 12.7. The molecule has 1 aliphatic rings. The number of nitrogens with two attached hydrogens (primary N) is 1. The monoisotopic (exact) mass is 259 g/mol. The highest BCUT2D eigenvalue weighted by Gasteiger charge is 2.46. The lowest BCUT2D eigenvalue weighted by atomic mass is 10.0. The summed E-state index contributed by atoms with van der Waals surface area (Å²) < 4.78 is 5.21. The SMILES string of the molecule is CC(NN)C(O)CC1(NC(=O)OC(C)(C)C)CC1. The molecule has 2 atom stereocenters. The number of ether oxygens (including phenoxy) is 1. The van der Waals surface area contributed by atoms with E-state index >= 15 is 0 Å². The number of hydrazine groups is 1. The first-order chi connectivity index (χ1) is 8.17. The van der Waals surface area contributed by atoms with Crippen LogP contribution in [0.2, 0.25) is 0 Å². The highest BCUT2D eigenvalue weighted by atomic mass is 16.6. The molecule has 1 aliphatic carbocycles. The second kappa shape index (κ2) is 5.42. The summed E-state index contributed by atoms with van der Waals surface area (Å²) in [5.41, 5.74) is 1.68. The Balaban J connectivity index is 2.44. The summed E-state index contributed by atoms with van der Waals surface area (Å²) in [6, 6.07) is -0.206. The maximum Gasteiger partial charge on any atom is 0.408 e. The fourth-order valence-corrected chi connectivity index (χ4v) is 1.74. The number of alkyl carbamates (subject to hydrolysis) is 1. The molecule has 5 N–H and O–H groups in total. The number of amides is 1. The van der Waals surface area contributed by atoms with Gasteiger partial charge >= 0.3 is 6.09 Å². The Kier molecular flexibility index (Phi) is 4.58. The molecule has 0 saturated heterocycles. The van der Waals surface area contributed by atoms with E-state index in [1.54, 1.807) is 6.92 Å². The van der Waals surface area contributed by atoms with Gasteiger partial charge in [0.05, 0.1) is 6.10 Å². The normalized spacial score (nSPS) is 21.0. The molecule has 0 aromatic rings. The number of hydrogen-bond acceptors (Lipinski definition) is 5. The van der Waals surface area contributed by atoms with E-state index < -0.39 is 17.8 Å². The van der Waals surface area contributed by atoms with Crippen molar-refractivity contribution in [1.29, 1.82) is 0 Å². The average Bonchev–Trinajstić information content (AvgIpc) is 2.93. The predicted molar refractivity (Wildman–Crippen MR) is 68.7 cm³/mol. The lowest BCUT2D eigenvalue weighted by molar-refractivity contribution is 0.0458. The standard InChI is InChI=1S/C12H25N3O3/c1-8(15-13)9(16)7-12(5-6-12)14-10(17)18-11(2,3)4/h8-9,15-16H,5-7,13H2,1-4H3,(H,14,17). The Labute approximate surface area is 108 Å². The second-order valence-electron chi connectivity index (χ2n) is 6.13. The van der Waals surface area contributed by atoms with Gasteiger partial charge in [-0.2, -0.15) is 0 Å². The van der Waals surface area contributed by atoms with Crippen LogP contribution in [0.1, 0.15) is 47.0 Å². The molecule has 6 heteroatoms. The van der Waals surface area contributed by atoms with E-state index in [9.17, 15) is 9.90 Å². The van der Waals surface area contributed by atoms with E-state index in [2.05, 4.69) is 10.7 Å². The molecule has 1 fully saturated rings. The van der Waals surface area contributed by atoms with Gasteiger partial charge < -0.3 is 15.2 Å². The van der Waals surface area contributed by atoms with Gasteiger partial charge in [-0.1, -0.05) is 0 Å². The molecular weight excluding hydrogens is 234 g/mol. The van der Waals surface area contributed by atoms with Crippen molar-refractivity contribution in [2.45, 2.75) is 70.2 Å². The van der Waals surface area contributed by atoms with Crippen molar-refractivity contribution >= 4 is 6.09 Å². The Bertz CT molecular complexity index is 297. The minimum atomic E-state index is -0.590. The van der Waals surface area contributed by atoms with Crippen molar-refractivity contribution < 1.29 is 14.6 Å². The van der Waals surface area contributed by atoms with Crippen LogP contribution in [0.25, 0.3) is 0 Å². The van der Waals surface area contributed by atoms with Gasteiger partial charge in [0.15, 0.2) is 0 Å². The number of hydrogen-bond donors (Lipinski definition) is 4. The van der Waals surface area contributed by atoms with Crippen LogP contribution in [-0.2, 0) is 4.74 Å². The van der Waals surface area contributed by atoms with Crippen molar-refractivity contribution in [2.75, 3.05) is 0 Å². The first kappa shape index (κ1) is 15.2. The molecule has 0 aliphatic heterocycles. The third-order valence-corrected chi connectivity index (χ3v) is 3.06. The van der Waals surface area contributed by atoms with Crippen LogP contribution in [0.4, 0.5) is 4.79 Å². The van der Waals surface area contributed by atoms with Crippen molar-refractivity contribution in [3.05, 3.63) is 0 Å². The summed E-state index contributed by atoms with van der Waals surface area (Å²) in [5.74, 6) is 5.27. The van der Waals surface area contributed by atoms with Gasteiger partial charge in [0, 0.05) is 11.6 Å². The van der Waals surface area contributed by atoms with Gasteiger partial charge in [-0.15, -0.1) is 0 Å². The zero-order chi connectivity index (χ0) is 14.0. The summed E-state index contributed by atoms with van der Waals surface area (Å²) in [4.78, 5) is 11.7. The number of aliphatic hydroxyl groups is 1. The topological polar surface area (TPSA) is 96.6 Å². The number of nitrogens with one attached hydrogen (secondary N) is 2. The van der Waals surface area contributed by atoms with Crippen LogP contribution in [-0.4, -0.2) is 34.5 Å². The zero-order valence-corrected chi connectivity index (χ0v) is 11.6. The maximum atomic E-state index is 11.7. The molecule has 0 heterocycles. The van der Waals surface area contributed by atoms with Gasteiger partial charge in [0.1, 0.15) is 5.60 Å². The Morgan fingerprint density at radius 3 is 2.44 bits per heavy atom. The molecule has 106 valence electrons. The molecule has 1 amide bonds. The van der Waals surface area contributed by atoms with Gasteiger partial charge in [0.25, 0.3) is 0 Å². The van der Waals surface area contributed by atoms with E-state index in [4.69, 9.17) is 10.6 Å². The smallest absolute Gasteiger partial charge is 0.408 e. The summed E-state index contributed by atoms with van der Waals surface area (Å²) >= 11 is 0. The summed E-state index contributed by atoms with van der Waals surface area (Å²) in [6.45, 7) is 7.26.